The summed E-state index contributed by atoms with van der Waals surface area (Å²) in [5.74, 6) is 0. The standard InChI is InChI=1S/C18H21N/c1-14-5-8-16(9-6-14)13-19-11-3-4-17-12-15(2)7-10-18(17)19/h5-10,12H,3-4,11,13H2,1-2H3. The Morgan fingerprint density at radius 3 is 2.47 bits per heavy atom. The van der Waals surface area contributed by atoms with E-state index in [-0.39, 0.29) is 0 Å². The predicted molar refractivity (Wildman–Crippen MR) is 81.7 cm³/mol. The summed E-state index contributed by atoms with van der Waals surface area (Å²) in [4.78, 5) is 2.52. The molecule has 2 aromatic rings. The number of fused-ring (bicyclic) bond motifs is 1. The van der Waals surface area contributed by atoms with Gasteiger partial charge in [0.25, 0.3) is 0 Å². The summed E-state index contributed by atoms with van der Waals surface area (Å²) in [5, 5.41) is 0. The number of benzene rings is 2. The van der Waals surface area contributed by atoms with E-state index in [4.69, 9.17) is 0 Å². The molecule has 1 heteroatoms. The Kier molecular flexibility index (Phi) is 3.29. The van der Waals surface area contributed by atoms with Crippen molar-refractivity contribution in [2.45, 2.75) is 33.2 Å². The van der Waals surface area contributed by atoms with Gasteiger partial charge in [0.2, 0.25) is 0 Å². The molecule has 0 N–H and O–H groups in total. The van der Waals surface area contributed by atoms with Crippen LogP contribution in [0.15, 0.2) is 42.5 Å². The first-order valence-electron chi connectivity index (χ1n) is 7.12. The van der Waals surface area contributed by atoms with Gasteiger partial charge in [-0.05, 0) is 43.9 Å². The van der Waals surface area contributed by atoms with Gasteiger partial charge >= 0.3 is 0 Å². The van der Waals surface area contributed by atoms with Crippen LogP contribution in [0.4, 0.5) is 5.69 Å². The highest BCUT2D eigenvalue weighted by molar-refractivity contribution is 5.57. The maximum absolute atomic E-state index is 2.52. The number of hydrogen-bond acceptors (Lipinski definition) is 1. The first kappa shape index (κ1) is 12.3. The zero-order valence-corrected chi connectivity index (χ0v) is 11.8. The number of anilines is 1. The lowest BCUT2D eigenvalue weighted by molar-refractivity contribution is 0.690. The largest absolute Gasteiger partial charge is 0.367 e. The second-order valence-electron chi connectivity index (χ2n) is 5.64. The van der Waals surface area contributed by atoms with Crippen molar-refractivity contribution in [2.24, 2.45) is 0 Å². The minimum absolute atomic E-state index is 1.02. The number of rotatable bonds is 2. The van der Waals surface area contributed by atoms with Crippen LogP contribution in [-0.4, -0.2) is 6.54 Å². The molecular formula is C18H21N. The van der Waals surface area contributed by atoms with Crippen LogP contribution in [0, 0.1) is 13.8 Å². The third kappa shape index (κ3) is 2.65. The molecule has 19 heavy (non-hydrogen) atoms. The highest BCUT2D eigenvalue weighted by Crippen LogP contribution is 2.29. The third-order valence-corrected chi connectivity index (χ3v) is 3.94. The van der Waals surface area contributed by atoms with Crippen LogP contribution >= 0.6 is 0 Å². The molecule has 0 fully saturated rings. The fourth-order valence-electron chi connectivity index (χ4n) is 2.88. The summed E-state index contributed by atoms with van der Waals surface area (Å²) in [5.41, 5.74) is 7.05. The zero-order valence-electron chi connectivity index (χ0n) is 11.8. The van der Waals surface area contributed by atoms with E-state index in [1.165, 1.54) is 47.3 Å². The molecule has 1 aliphatic heterocycles. The molecular weight excluding hydrogens is 230 g/mol. The van der Waals surface area contributed by atoms with Gasteiger partial charge in [0.1, 0.15) is 0 Å². The average molecular weight is 251 g/mol. The molecule has 0 atom stereocenters. The van der Waals surface area contributed by atoms with Gasteiger partial charge in [-0.25, -0.2) is 0 Å². The van der Waals surface area contributed by atoms with Gasteiger partial charge < -0.3 is 4.90 Å². The van der Waals surface area contributed by atoms with Crippen LogP contribution < -0.4 is 4.90 Å². The molecule has 0 unspecified atom stereocenters. The van der Waals surface area contributed by atoms with Crippen molar-refractivity contribution in [1.82, 2.24) is 0 Å². The van der Waals surface area contributed by atoms with Gasteiger partial charge in [-0.15, -0.1) is 0 Å². The second kappa shape index (κ2) is 5.08. The van der Waals surface area contributed by atoms with Crippen LogP contribution in [0.3, 0.4) is 0 Å². The predicted octanol–water partition coefficient (Wildman–Crippen LogP) is 4.26. The Bertz CT molecular complexity index is 569. The Morgan fingerprint density at radius 1 is 0.947 bits per heavy atom. The minimum Gasteiger partial charge on any atom is -0.367 e. The average Bonchev–Trinajstić information content (AvgIpc) is 2.41. The molecule has 98 valence electrons. The first-order chi connectivity index (χ1) is 9.22. The molecule has 1 heterocycles. The Hall–Kier alpha value is -1.76. The highest BCUT2D eigenvalue weighted by Gasteiger charge is 2.16. The second-order valence-corrected chi connectivity index (χ2v) is 5.64. The van der Waals surface area contributed by atoms with Crippen molar-refractivity contribution in [3.05, 3.63) is 64.7 Å². The maximum Gasteiger partial charge on any atom is 0.0429 e. The van der Waals surface area contributed by atoms with Gasteiger partial charge in [0, 0.05) is 18.8 Å². The minimum atomic E-state index is 1.02. The normalized spacial score (nSPS) is 14.3. The van der Waals surface area contributed by atoms with E-state index in [2.05, 4.69) is 61.2 Å². The smallest absolute Gasteiger partial charge is 0.0429 e. The van der Waals surface area contributed by atoms with Gasteiger partial charge in [0.05, 0.1) is 0 Å². The van der Waals surface area contributed by atoms with Crippen molar-refractivity contribution in [2.75, 3.05) is 11.4 Å². The van der Waals surface area contributed by atoms with Crippen molar-refractivity contribution >= 4 is 5.69 Å². The van der Waals surface area contributed by atoms with Crippen molar-refractivity contribution in [3.63, 3.8) is 0 Å². The van der Waals surface area contributed by atoms with Crippen molar-refractivity contribution < 1.29 is 0 Å². The van der Waals surface area contributed by atoms with E-state index in [1.807, 2.05) is 0 Å². The van der Waals surface area contributed by atoms with Crippen LogP contribution in [0.1, 0.15) is 28.7 Å². The lowest BCUT2D eigenvalue weighted by Gasteiger charge is -2.31. The molecule has 0 radical (unpaired) electrons. The molecule has 0 saturated carbocycles. The molecule has 1 nitrogen and oxygen atoms in total. The summed E-state index contributed by atoms with van der Waals surface area (Å²) in [6.45, 7) is 6.52. The van der Waals surface area contributed by atoms with E-state index in [9.17, 15) is 0 Å². The summed E-state index contributed by atoms with van der Waals surface area (Å²) in [6.07, 6.45) is 2.49. The molecule has 0 aliphatic carbocycles. The fraction of sp³-hybridized carbons (Fsp3) is 0.333. The quantitative estimate of drug-likeness (QED) is 0.771. The number of nitrogens with zero attached hydrogens (tertiary/aromatic N) is 1. The summed E-state index contributed by atoms with van der Waals surface area (Å²) < 4.78 is 0. The summed E-state index contributed by atoms with van der Waals surface area (Å²) >= 11 is 0. The van der Waals surface area contributed by atoms with Gasteiger partial charge in [-0.2, -0.15) is 0 Å². The topological polar surface area (TPSA) is 3.24 Å². The Labute approximate surface area is 115 Å². The summed E-state index contributed by atoms with van der Waals surface area (Å²) in [7, 11) is 0. The third-order valence-electron chi connectivity index (χ3n) is 3.94. The van der Waals surface area contributed by atoms with E-state index in [0.717, 1.165) is 6.54 Å². The Morgan fingerprint density at radius 2 is 1.68 bits per heavy atom. The van der Waals surface area contributed by atoms with E-state index < -0.39 is 0 Å². The van der Waals surface area contributed by atoms with E-state index >= 15 is 0 Å². The lowest BCUT2D eigenvalue weighted by Crippen LogP contribution is -2.28. The van der Waals surface area contributed by atoms with Crippen LogP contribution in [-0.2, 0) is 13.0 Å². The van der Waals surface area contributed by atoms with Crippen LogP contribution in [0.25, 0.3) is 0 Å². The molecule has 1 aliphatic rings. The molecule has 0 spiro atoms. The van der Waals surface area contributed by atoms with Gasteiger partial charge in [0.15, 0.2) is 0 Å². The van der Waals surface area contributed by atoms with Gasteiger partial charge in [-0.1, -0.05) is 47.5 Å². The lowest BCUT2D eigenvalue weighted by atomic mass is 9.99. The first-order valence-corrected chi connectivity index (χ1v) is 7.12. The summed E-state index contributed by atoms with van der Waals surface area (Å²) in [6, 6.07) is 15.8. The molecule has 0 aromatic heterocycles. The highest BCUT2D eigenvalue weighted by atomic mass is 15.1. The van der Waals surface area contributed by atoms with Crippen LogP contribution in [0.2, 0.25) is 0 Å². The van der Waals surface area contributed by atoms with Crippen molar-refractivity contribution in [3.8, 4) is 0 Å². The number of hydrogen-bond donors (Lipinski definition) is 0. The molecule has 0 bridgehead atoms. The molecule has 0 saturated heterocycles. The van der Waals surface area contributed by atoms with E-state index in [1.54, 1.807) is 0 Å². The Balaban J connectivity index is 1.85. The maximum atomic E-state index is 2.52. The fourth-order valence-corrected chi connectivity index (χ4v) is 2.88. The molecule has 3 rings (SSSR count). The number of aryl methyl sites for hydroxylation is 3. The van der Waals surface area contributed by atoms with E-state index in [0.29, 0.717) is 0 Å². The monoisotopic (exact) mass is 251 g/mol. The van der Waals surface area contributed by atoms with Crippen molar-refractivity contribution in [1.29, 1.82) is 0 Å². The molecule has 2 aromatic carbocycles. The van der Waals surface area contributed by atoms with Crippen LogP contribution in [0.5, 0.6) is 0 Å². The zero-order chi connectivity index (χ0) is 13.2. The van der Waals surface area contributed by atoms with Gasteiger partial charge in [-0.3, -0.25) is 0 Å². The SMILES string of the molecule is Cc1ccc(CN2CCCc3cc(C)ccc32)cc1. The molecule has 0 amide bonds.